The molecule has 0 amide bonds. The van der Waals surface area contributed by atoms with E-state index in [1.807, 2.05) is 13.8 Å². The molecule has 0 radical (unpaired) electrons. The molecule has 27 nitrogen and oxygen atoms in total. The molecule has 84 heavy (non-hydrogen) atoms. The molecule has 6 aliphatic heterocycles. The minimum absolute atomic E-state index is 0.0642. The van der Waals surface area contributed by atoms with Crippen LogP contribution in [0.3, 0.4) is 0 Å². The Hall–Kier alpha value is -1.34. The van der Waals surface area contributed by atoms with E-state index < -0.39 is 202 Å². The van der Waals surface area contributed by atoms with Gasteiger partial charge in [0.1, 0.15) is 109 Å². The van der Waals surface area contributed by atoms with Crippen LogP contribution in [0.2, 0.25) is 0 Å². The molecule has 484 valence electrons. The smallest absolute Gasteiger partial charge is 0.187 e. The molecule has 0 aromatic heterocycles. The molecule has 6 heterocycles. The molecule has 27 heteroatoms. The molecular formula is C57H94O27. The molecule has 0 aromatic carbocycles. The van der Waals surface area contributed by atoms with E-state index in [1.165, 1.54) is 26.3 Å². The van der Waals surface area contributed by atoms with Crippen LogP contribution >= 0.6 is 0 Å². The molecule has 0 aromatic rings. The Labute approximate surface area is 487 Å². The third-order valence-corrected chi connectivity index (χ3v) is 21.8. The van der Waals surface area contributed by atoms with Gasteiger partial charge in [0.2, 0.25) is 0 Å². The minimum atomic E-state index is -1.90. The van der Waals surface area contributed by atoms with Gasteiger partial charge in [0, 0.05) is 17.8 Å². The molecule has 16 N–H and O–H groups in total. The van der Waals surface area contributed by atoms with Crippen molar-refractivity contribution in [3.05, 3.63) is 11.6 Å². The maximum Gasteiger partial charge on any atom is 0.187 e. The fourth-order valence-corrected chi connectivity index (χ4v) is 16.3. The highest BCUT2D eigenvalue weighted by atomic mass is 16.8. The van der Waals surface area contributed by atoms with Gasteiger partial charge in [0.25, 0.3) is 0 Å². The van der Waals surface area contributed by atoms with E-state index >= 15 is 0 Å². The Bertz CT molecular complexity index is 2250. The fourth-order valence-electron chi connectivity index (χ4n) is 16.3. The van der Waals surface area contributed by atoms with Gasteiger partial charge in [-0.2, -0.15) is 0 Å². The molecule has 6 saturated heterocycles. The van der Waals surface area contributed by atoms with Gasteiger partial charge in [-0.05, 0) is 101 Å². The van der Waals surface area contributed by atoms with Crippen LogP contribution in [0, 0.1) is 40.4 Å². The number of aliphatic hydroxyl groups excluding tert-OH is 14. The topological polar surface area (TPSA) is 425 Å². The van der Waals surface area contributed by atoms with Gasteiger partial charge in [0.05, 0.1) is 50.3 Å². The Morgan fingerprint density at radius 2 is 1.11 bits per heavy atom. The first-order valence-corrected chi connectivity index (χ1v) is 30.2. The van der Waals surface area contributed by atoms with Crippen molar-refractivity contribution in [1.29, 1.82) is 0 Å². The summed E-state index contributed by atoms with van der Waals surface area (Å²) in [7, 11) is 0. The van der Waals surface area contributed by atoms with Gasteiger partial charge in [-0.3, -0.25) is 0 Å². The second kappa shape index (κ2) is 25.0. The third kappa shape index (κ3) is 11.3. The molecule has 10 rings (SSSR count). The predicted molar refractivity (Wildman–Crippen MR) is 281 cm³/mol. The van der Waals surface area contributed by atoms with Crippen molar-refractivity contribution in [1.82, 2.24) is 0 Å². The number of ether oxygens (including phenoxy) is 11. The summed E-state index contributed by atoms with van der Waals surface area (Å²) in [5.41, 5.74) is -1.04. The van der Waals surface area contributed by atoms with E-state index in [0.717, 1.165) is 6.42 Å². The van der Waals surface area contributed by atoms with Gasteiger partial charge in [0.15, 0.2) is 37.2 Å². The van der Waals surface area contributed by atoms with Crippen molar-refractivity contribution >= 4 is 0 Å². The molecule has 4 aliphatic carbocycles. The van der Waals surface area contributed by atoms with E-state index in [2.05, 4.69) is 19.9 Å². The lowest BCUT2D eigenvalue weighted by Crippen LogP contribution is -2.67. The summed E-state index contributed by atoms with van der Waals surface area (Å²) >= 11 is 0. The van der Waals surface area contributed by atoms with Crippen molar-refractivity contribution in [2.45, 2.75) is 283 Å². The Morgan fingerprint density at radius 1 is 0.560 bits per heavy atom. The van der Waals surface area contributed by atoms with Crippen molar-refractivity contribution in [3.63, 3.8) is 0 Å². The van der Waals surface area contributed by atoms with Crippen LogP contribution < -0.4 is 0 Å². The Kier molecular flexibility index (Phi) is 19.6. The monoisotopic (exact) mass is 1210 g/mol. The first-order chi connectivity index (χ1) is 39.5. The highest BCUT2D eigenvalue weighted by Crippen LogP contribution is 2.71. The molecule has 9 fully saturated rings. The summed E-state index contributed by atoms with van der Waals surface area (Å²) in [5.74, 6) is -2.01. The normalized spacial score (nSPS) is 56.2. The first-order valence-electron chi connectivity index (χ1n) is 30.2. The van der Waals surface area contributed by atoms with E-state index in [0.29, 0.717) is 44.9 Å². The second-order valence-corrected chi connectivity index (χ2v) is 26.7. The van der Waals surface area contributed by atoms with Crippen LogP contribution in [0.25, 0.3) is 0 Å². The number of aliphatic hydroxyl groups is 16. The Morgan fingerprint density at radius 3 is 1.73 bits per heavy atom. The molecule has 10 aliphatic rings. The quantitative estimate of drug-likeness (QED) is 0.0655. The lowest BCUT2D eigenvalue weighted by atomic mass is 9.46. The zero-order chi connectivity index (χ0) is 61.0. The van der Waals surface area contributed by atoms with Crippen LogP contribution in [-0.2, 0) is 52.1 Å². The van der Waals surface area contributed by atoms with Gasteiger partial charge in [-0.25, -0.2) is 0 Å². The lowest BCUT2D eigenvalue weighted by molar-refractivity contribution is -0.394. The molecule has 0 bridgehead atoms. The highest BCUT2D eigenvalue weighted by molar-refractivity contribution is 5.29. The lowest BCUT2D eigenvalue weighted by Gasteiger charge is -2.59. The van der Waals surface area contributed by atoms with Gasteiger partial charge >= 0.3 is 0 Å². The average Bonchev–Trinajstić information content (AvgIpc) is 1.71. The summed E-state index contributed by atoms with van der Waals surface area (Å²) < 4.78 is 66.4. The minimum Gasteiger partial charge on any atom is -0.394 e. The zero-order valence-corrected chi connectivity index (χ0v) is 48.7. The van der Waals surface area contributed by atoms with Crippen molar-refractivity contribution in [2.24, 2.45) is 40.4 Å². The summed E-state index contributed by atoms with van der Waals surface area (Å²) in [6.07, 6.45) is -31.7. The second-order valence-electron chi connectivity index (χ2n) is 26.7. The van der Waals surface area contributed by atoms with Crippen molar-refractivity contribution in [3.8, 4) is 0 Å². The van der Waals surface area contributed by atoms with E-state index in [4.69, 9.17) is 52.1 Å². The average molecular weight is 1210 g/mol. The highest BCUT2D eigenvalue weighted by Gasteiger charge is 2.75. The first kappa shape index (κ1) is 65.6. The Balaban J connectivity index is 0.795. The zero-order valence-electron chi connectivity index (χ0n) is 48.7. The van der Waals surface area contributed by atoms with E-state index in [9.17, 15) is 81.7 Å². The number of hydrogen-bond donors (Lipinski definition) is 16. The maximum absolute atomic E-state index is 13.0. The molecule has 36 atom stereocenters. The van der Waals surface area contributed by atoms with E-state index in [-0.39, 0.29) is 42.1 Å². The largest absolute Gasteiger partial charge is 0.394 e. The van der Waals surface area contributed by atoms with Gasteiger partial charge in [-0.1, -0.05) is 39.3 Å². The van der Waals surface area contributed by atoms with Crippen molar-refractivity contribution in [2.75, 3.05) is 19.8 Å². The third-order valence-electron chi connectivity index (χ3n) is 21.8. The SMILES string of the molecule is C[C@H](CC[C@]1(O)O[C@H]2C[C@H]3[C@@H]4CC=C5C[C@@H](O[C@@H]6O[C@H](CO)[C@@H](O[C@@H]7O[C@@H](C)[C@H](O[C@@H]8O[C@@H](C)[C@H](O)[C@@H](O)[C@H]8O)[C@@H](O)[C@H]7O)[C@H](O)[C@H]6O[C@@H]6O[C@@H](C)[C@H](O)[C@@H](O)[C@H]6O)CC[C@]5(C)[C@H]4CC[C@]3(C)[C@@]2(O)[C@@H]1C)CO[C@@H]1O[C@H](CO)[C@@H](O)[C@H](O)[C@H]1O. The van der Waals surface area contributed by atoms with Crippen LogP contribution in [0.15, 0.2) is 11.6 Å². The number of rotatable bonds is 16. The summed E-state index contributed by atoms with van der Waals surface area (Å²) in [6, 6.07) is 0. The summed E-state index contributed by atoms with van der Waals surface area (Å²) in [6.45, 7) is 11.2. The van der Waals surface area contributed by atoms with Gasteiger partial charge < -0.3 is 134 Å². The van der Waals surface area contributed by atoms with Crippen LogP contribution in [0.1, 0.15) is 106 Å². The predicted octanol–water partition coefficient (Wildman–Crippen LogP) is -4.01. The standard InChI is InChI=1S/C57H94O27/c1-21(20-74-49-41(67)39(65)36(62)31(18-58)79-49)10-15-56(72)25(5)57(73)33(84-56)17-30-28-9-8-26-16-27(11-13-54(26,6)29(28)12-14-55(30,57)7)78-53-48(83-51-43(69)38(64)35(61)23(3)76-51)45(71)47(32(19-59)80-53)82-52-44(70)40(66)46(24(4)77-52)81-50-42(68)37(63)34(60)22(2)75-50/h8,21-25,27-53,58-73H,9-20H2,1-7H3/t21-,22+,23+,24+,25-,27+,28-,29+,30+,31-,32-,33+,34+,35+,36-,37-,38-,39+,40+,41-,42-,43-,44-,45+,46+,47-,48-,49-,50+,51+,52+,53-,54+,55+,56+,57-/m1/s1. The number of hydrogen-bond acceptors (Lipinski definition) is 27. The van der Waals surface area contributed by atoms with E-state index in [1.54, 1.807) is 0 Å². The summed E-state index contributed by atoms with van der Waals surface area (Å²) in [5, 5.41) is 175. The van der Waals surface area contributed by atoms with Gasteiger partial charge in [-0.15, -0.1) is 0 Å². The van der Waals surface area contributed by atoms with Crippen LogP contribution in [-0.4, -0.2) is 279 Å². The fraction of sp³-hybridized carbons (Fsp3) is 0.965. The summed E-state index contributed by atoms with van der Waals surface area (Å²) in [4.78, 5) is 0. The molecule has 0 spiro atoms. The van der Waals surface area contributed by atoms with Crippen LogP contribution in [0.4, 0.5) is 0 Å². The number of fused-ring (bicyclic) bond motifs is 7. The maximum atomic E-state index is 13.0. The molecule has 0 unspecified atom stereocenters. The molecule has 3 saturated carbocycles. The van der Waals surface area contributed by atoms with Crippen molar-refractivity contribution < 1.29 is 134 Å². The molecular weight excluding hydrogens is 1120 g/mol. The number of allylic oxidation sites excluding steroid dienone is 1. The van der Waals surface area contributed by atoms with Crippen LogP contribution in [0.5, 0.6) is 0 Å².